The Kier molecular flexibility index (Phi) is 4.31. The summed E-state index contributed by atoms with van der Waals surface area (Å²) in [6, 6.07) is 5.39. The van der Waals surface area contributed by atoms with Crippen molar-refractivity contribution in [2.45, 2.75) is 20.8 Å². The van der Waals surface area contributed by atoms with Crippen LogP contribution in [0.25, 0.3) is 0 Å². The molecule has 0 fully saturated rings. The van der Waals surface area contributed by atoms with Gasteiger partial charge in [0, 0.05) is 12.1 Å². The van der Waals surface area contributed by atoms with Gasteiger partial charge in [0.1, 0.15) is 0 Å². The molecular formula is C12H19N3O. The highest BCUT2D eigenvalue weighted by atomic mass is 16.1. The fraction of sp³-hybridized carbons (Fsp3) is 0.417. The smallest absolute Gasteiger partial charge is 0.251 e. The van der Waals surface area contributed by atoms with Crippen LogP contribution >= 0.6 is 0 Å². The first-order valence-electron chi connectivity index (χ1n) is 5.40. The molecule has 1 aromatic rings. The van der Waals surface area contributed by atoms with Gasteiger partial charge in [-0.1, -0.05) is 13.8 Å². The molecule has 16 heavy (non-hydrogen) atoms. The fourth-order valence-corrected chi connectivity index (χ4v) is 1.37. The number of amides is 1. The summed E-state index contributed by atoms with van der Waals surface area (Å²) in [6.45, 7) is 6.73. The van der Waals surface area contributed by atoms with E-state index in [-0.39, 0.29) is 5.91 Å². The number of benzene rings is 1. The molecule has 1 amide bonds. The first-order chi connectivity index (χ1) is 7.54. The third-order valence-electron chi connectivity index (χ3n) is 2.31. The SMILES string of the molecule is Cc1cc(C(=O)NCC(C)C)ccc1NN. The number of hydrazine groups is 1. The molecule has 0 spiro atoms. The summed E-state index contributed by atoms with van der Waals surface area (Å²) in [4.78, 5) is 11.7. The average Bonchev–Trinajstić information content (AvgIpc) is 2.25. The summed E-state index contributed by atoms with van der Waals surface area (Å²) >= 11 is 0. The lowest BCUT2D eigenvalue weighted by Crippen LogP contribution is -2.27. The van der Waals surface area contributed by atoms with Crippen LogP contribution in [0.15, 0.2) is 18.2 Å². The number of nitrogen functional groups attached to an aromatic ring is 1. The van der Waals surface area contributed by atoms with Crippen molar-refractivity contribution in [3.05, 3.63) is 29.3 Å². The Hall–Kier alpha value is -1.55. The van der Waals surface area contributed by atoms with Gasteiger partial charge in [-0.2, -0.15) is 0 Å². The van der Waals surface area contributed by atoms with E-state index in [1.165, 1.54) is 0 Å². The van der Waals surface area contributed by atoms with E-state index in [2.05, 4.69) is 24.6 Å². The molecule has 0 aliphatic heterocycles. The van der Waals surface area contributed by atoms with Crippen molar-refractivity contribution < 1.29 is 4.79 Å². The van der Waals surface area contributed by atoms with Crippen molar-refractivity contribution in [1.82, 2.24) is 5.32 Å². The van der Waals surface area contributed by atoms with Crippen molar-refractivity contribution in [2.24, 2.45) is 11.8 Å². The van der Waals surface area contributed by atoms with Crippen molar-refractivity contribution in [1.29, 1.82) is 0 Å². The lowest BCUT2D eigenvalue weighted by Gasteiger charge is -2.10. The molecule has 0 aliphatic carbocycles. The molecule has 4 nitrogen and oxygen atoms in total. The van der Waals surface area contributed by atoms with Gasteiger partial charge in [-0.15, -0.1) is 0 Å². The summed E-state index contributed by atoms with van der Waals surface area (Å²) in [7, 11) is 0. The molecule has 0 saturated heterocycles. The van der Waals surface area contributed by atoms with Crippen LogP contribution in [-0.4, -0.2) is 12.5 Å². The number of carbonyl (C=O) groups is 1. The number of carbonyl (C=O) groups excluding carboxylic acids is 1. The highest BCUT2D eigenvalue weighted by molar-refractivity contribution is 5.94. The van der Waals surface area contributed by atoms with Crippen LogP contribution < -0.4 is 16.6 Å². The summed E-state index contributed by atoms with van der Waals surface area (Å²) in [5, 5.41) is 2.87. The predicted molar refractivity (Wildman–Crippen MR) is 66.2 cm³/mol. The minimum absolute atomic E-state index is 0.0413. The molecule has 1 aromatic carbocycles. The Labute approximate surface area is 96.2 Å². The molecule has 0 aliphatic rings. The van der Waals surface area contributed by atoms with Crippen molar-refractivity contribution in [3.8, 4) is 0 Å². The van der Waals surface area contributed by atoms with Gasteiger partial charge in [0.15, 0.2) is 0 Å². The fourth-order valence-electron chi connectivity index (χ4n) is 1.37. The molecule has 0 unspecified atom stereocenters. The Morgan fingerprint density at radius 2 is 2.12 bits per heavy atom. The van der Waals surface area contributed by atoms with Gasteiger partial charge in [-0.25, -0.2) is 0 Å². The maximum Gasteiger partial charge on any atom is 0.251 e. The van der Waals surface area contributed by atoms with Crippen LogP contribution in [0.4, 0.5) is 5.69 Å². The van der Waals surface area contributed by atoms with E-state index in [0.717, 1.165) is 11.3 Å². The zero-order chi connectivity index (χ0) is 12.1. The van der Waals surface area contributed by atoms with Crippen LogP contribution in [0.3, 0.4) is 0 Å². The number of anilines is 1. The largest absolute Gasteiger partial charge is 0.352 e. The van der Waals surface area contributed by atoms with Crippen LogP contribution in [0.1, 0.15) is 29.8 Å². The summed E-state index contributed by atoms with van der Waals surface area (Å²) in [5.41, 5.74) is 5.04. The Morgan fingerprint density at radius 3 is 2.62 bits per heavy atom. The van der Waals surface area contributed by atoms with E-state index in [1.807, 2.05) is 13.0 Å². The number of nitrogens with one attached hydrogen (secondary N) is 2. The number of aryl methyl sites for hydroxylation is 1. The molecule has 4 heteroatoms. The highest BCUT2D eigenvalue weighted by Gasteiger charge is 2.07. The van der Waals surface area contributed by atoms with Crippen LogP contribution in [-0.2, 0) is 0 Å². The summed E-state index contributed by atoms with van der Waals surface area (Å²) < 4.78 is 0. The van der Waals surface area contributed by atoms with Crippen LogP contribution in [0, 0.1) is 12.8 Å². The quantitative estimate of drug-likeness (QED) is 0.535. The zero-order valence-corrected chi connectivity index (χ0v) is 10.0. The second kappa shape index (κ2) is 5.51. The molecule has 0 saturated carbocycles. The summed E-state index contributed by atoms with van der Waals surface area (Å²) in [5.74, 6) is 5.74. The van der Waals surface area contributed by atoms with E-state index < -0.39 is 0 Å². The van der Waals surface area contributed by atoms with E-state index in [9.17, 15) is 4.79 Å². The van der Waals surface area contributed by atoms with Gasteiger partial charge in [-0.05, 0) is 36.6 Å². The number of rotatable bonds is 4. The topological polar surface area (TPSA) is 67.2 Å². The van der Waals surface area contributed by atoms with E-state index in [0.29, 0.717) is 18.0 Å². The minimum Gasteiger partial charge on any atom is -0.352 e. The first kappa shape index (κ1) is 12.5. The van der Waals surface area contributed by atoms with Crippen LogP contribution in [0.2, 0.25) is 0 Å². The molecule has 0 radical (unpaired) electrons. The van der Waals surface area contributed by atoms with Crippen molar-refractivity contribution in [2.75, 3.05) is 12.0 Å². The van der Waals surface area contributed by atoms with E-state index in [4.69, 9.17) is 5.84 Å². The number of hydrogen-bond acceptors (Lipinski definition) is 3. The molecular weight excluding hydrogens is 202 g/mol. The maximum atomic E-state index is 11.7. The van der Waals surface area contributed by atoms with Crippen LogP contribution in [0.5, 0.6) is 0 Å². The molecule has 4 N–H and O–H groups in total. The van der Waals surface area contributed by atoms with Gasteiger partial charge >= 0.3 is 0 Å². The first-order valence-corrected chi connectivity index (χ1v) is 5.40. The molecule has 88 valence electrons. The van der Waals surface area contributed by atoms with Crippen molar-refractivity contribution in [3.63, 3.8) is 0 Å². The third-order valence-corrected chi connectivity index (χ3v) is 2.31. The lowest BCUT2D eigenvalue weighted by molar-refractivity contribution is 0.0949. The van der Waals surface area contributed by atoms with Gasteiger partial charge in [0.25, 0.3) is 5.91 Å². The standard InChI is InChI=1S/C12H19N3O/c1-8(2)7-14-12(16)10-4-5-11(15-13)9(3)6-10/h4-6,8,15H,7,13H2,1-3H3,(H,14,16). The maximum absolute atomic E-state index is 11.7. The average molecular weight is 221 g/mol. The second-order valence-electron chi connectivity index (χ2n) is 4.28. The molecule has 0 aromatic heterocycles. The minimum atomic E-state index is -0.0413. The molecule has 0 heterocycles. The van der Waals surface area contributed by atoms with Gasteiger partial charge in [0.05, 0.1) is 5.69 Å². The Morgan fingerprint density at radius 1 is 1.44 bits per heavy atom. The molecule has 1 rings (SSSR count). The lowest BCUT2D eigenvalue weighted by atomic mass is 10.1. The third kappa shape index (κ3) is 3.24. The molecule has 0 atom stereocenters. The number of nitrogens with two attached hydrogens (primary N) is 1. The predicted octanol–water partition coefficient (Wildman–Crippen LogP) is 1.67. The molecule has 0 bridgehead atoms. The monoisotopic (exact) mass is 221 g/mol. The Bertz CT molecular complexity index is 375. The highest BCUT2D eigenvalue weighted by Crippen LogP contribution is 2.15. The normalized spacial score (nSPS) is 10.3. The van der Waals surface area contributed by atoms with Crippen molar-refractivity contribution >= 4 is 11.6 Å². The van der Waals surface area contributed by atoms with Gasteiger partial charge in [0.2, 0.25) is 0 Å². The van der Waals surface area contributed by atoms with Gasteiger partial charge < -0.3 is 10.7 Å². The second-order valence-corrected chi connectivity index (χ2v) is 4.28. The number of hydrogen-bond donors (Lipinski definition) is 3. The van der Waals surface area contributed by atoms with Gasteiger partial charge in [-0.3, -0.25) is 10.6 Å². The zero-order valence-electron chi connectivity index (χ0n) is 10.0. The van der Waals surface area contributed by atoms with E-state index in [1.54, 1.807) is 12.1 Å². The van der Waals surface area contributed by atoms with E-state index >= 15 is 0 Å². The summed E-state index contributed by atoms with van der Waals surface area (Å²) in [6.07, 6.45) is 0. The Balaban J connectivity index is 2.73.